The Morgan fingerprint density at radius 2 is 1.72 bits per heavy atom. The summed E-state index contributed by atoms with van der Waals surface area (Å²) >= 11 is 6.17. The third-order valence-corrected chi connectivity index (χ3v) is 7.55. The van der Waals surface area contributed by atoms with Gasteiger partial charge >= 0.3 is 0 Å². The van der Waals surface area contributed by atoms with Gasteiger partial charge in [-0.25, -0.2) is 0 Å². The van der Waals surface area contributed by atoms with Crippen LogP contribution in [0.5, 0.6) is 0 Å². The lowest BCUT2D eigenvalue weighted by Crippen LogP contribution is -2.45. The molecule has 1 aliphatic carbocycles. The van der Waals surface area contributed by atoms with Crippen molar-refractivity contribution in [1.82, 2.24) is 5.32 Å². The van der Waals surface area contributed by atoms with E-state index < -0.39 is 0 Å². The Hall–Kier alpha value is -2.34. The number of carbonyl (C=O) groups is 1. The van der Waals surface area contributed by atoms with Crippen LogP contribution in [0.25, 0.3) is 0 Å². The van der Waals surface area contributed by atoms with Gasteiger partial charge in [0.05, 0.1) is 0 Å². The number of carbonyl (C=O) groups excluding carboxylic acids is 1. The van der Waals surface area contributed by atoms with Crippen LogP contribution in [0.2, 0.25) is 5.02 Å². The van der Waals surface area contributed by atoms with Crippen LogP contribution in [0, 0.1) is 17.8 Å². The number of halogens is 1. The molecular weight excluding hydrogens is 426 g/mol. The van der Waals surface area contributed by atoms with Crippen molar-refractivity contribution in [3.05, 3.63) is 55.3 Å². The van der Waals surface area contributed by atoms with Gasteiger partial charge in [0.15, 0.2) is 0 Å². The number of hydrogen-bond acceptors (Lipinski definition) is 5. The molecular formula is C25H32ClN3O3. The lowest BCUT2D eigenvalue weighted by Gasteiger charge is -2.34. The summed E-state index contributed by atoms with van der Waals surface area (Å²) in [6, 6.07) is 7.54. The van der Waals surface area contributed by atoms with Crippen molar-refractivity contribution in [2.24, 2.45) is 17.8 Å². The number of benzene rings is 1. The van der Waals surface area contributed by atoms with Crippen LogP contribution in [0.3, 0.4) is 0 Å². The van der Waals surface area contributed by atoms with Crippen molar-refractivity contribution in [1.29, 1.82) is 0 Å². The molecule has 1 amide bonds. The van der Waals surface area contributed by atoms with Gasteiger partial charge in [-0.3, -0.25) is 14.4 Å². The molecule has 0 atom stereocenters. The normalized spacial score (nSPS) is 22.1. The molecule has 2 N–H and O–H groups in total. The number of rotatable bonds is 7. The first kappa shape index (κ1) is 22.8. The number of anilines is 2. The molecule has 2 aromatic rings. The molecule has 4 rings (SSSR count). The molecule has 1 heterocycles. The molecule has 1 saturated heterocycles. The van der Waals surface area contributed by atoms with E-state index in [-0.39, 0.29) is 22.7 Å². The molecule has 172 valence electrons. The van der Waals surface area contributed by atoms with Gasteiger partial charge in [0.25, 0.3) is 10.9 Å². The van der Waals surface area contributed by atoms with Gasteiger partial charge < -0.3 is 15.5 Å². The van der Waals surface area contributed by atoms with E-state index in [1.54, 1.807) is 0 Å². The van der Waals surface area contributed by atoms with E-state index in [0.29, 0.717) is 41.3 Å². The number of piperidine rings is 1. The lowest BCUT2D eigenvalue weighted by molar-refractivity contribution is -0.126. The first-order valence-electron chi connectivity index (χ1n) is 11.8. The average Bonchev–Trinajstić information content (AvgIpc) is 2.81. The Kier molecular flexibility index (Phi) is 7.19. The Morgan fingerprint density at radius 3 is 2.41 bits per heavy atom. The van der Waals surface area contributed by atoms with Crippen LogP contribution in [0.15, 0.2) is 33.9 Å². The smallest absolute Gasteiger partial charge is 0.253 e. The summed E-state index contributed by atoms with van der Waals surface area (Å²) in [7, 11) is 0. The lowest BCUT2D eigenvalue weighted by atomic mass is 9.81. The first-order valence-corrected chi connectivity index (χ1v) is 12.1. The largest absolute Gasteiger partial charge is 0.380 e. The SMILES string of the molecule is CC1CCN(c2c(NCC3CCC(C(=O)NCc4ccccc4Cl)CC3)c(=O)c2=O)CC1. The van der Waals surface area contributed by atoms with Crippen LogP contribution in [0.1, 0.15) is 51.0 Å². The van der Waals surface area contributed by atoms with E-state index in [9.17, 15) is 14.4 Å². The van der Waals surface area contributed by atoms with E-state index in [1.165, 1.54) is 0 Å². The molecule has 2 aliphatic rings. The summed E-state index contributed by atoms with van der Waals surface area (Å²) in [5, 5.41) is 6.96. The summed E-state index contributed by atoms with van der Waals surface area (Å²) in [6.07, 6.45) is 5.65. The van der Waals surface area contributed by atoms with Gasteiger partial charge in [0.1, 0.15) is 11.4 Å². The van der Waals surface area contributed by atoms with Crippen molar-refractivity contribution < 1.29 is 4.79 Å². The Morgan fingerprint density at radius 1 is 1.03 bits per heavy atom. The summed E-state index contributed by atoms with van der Waals surface area (Å²) in [4.78, 5) is 39.0. The van der Waals surface area contributed by atoms with Crippen molar-refractivity contribution in [2.75, 3.05) is 29.9 Å². The Bertz CT molecular complexity index is 1010. The monoisotopic (exact) mass is 457 g/mol. The quantitative estimate of drug-likeness (QED) is 0.620. The van der Waals surface area contributed by atoms with Gasteiger partial charge in [-0.15, -0.1) is 0 Å². The molecule has 0 aromatic heterocycles. The van der Waals surface area contributed by atoms with Gasteiger partial charge in [-0.2, -0.15) is 0 Å². The highest BCUT2D eigenvalue weighted by molar-refractivity contribution is 6.31. The second kappa shape index (κ2) is 10.1. The van der Waals surface area contributed by atoms with Crippen molar-refractivity contribution in [2.45, 2.75) is 52.0 Å². The fraction of sp³-hybridized carbons (Fsp3) is 0.560. The van der Waals surface area contributed by atoms with Crippen LogP contribution in [-0.4, -0.2) is 25.5 Å². The molecule has 6 nitrogen and oxygen atoms in total. The van der Waals surface area contributed by atoms with Crippen molar-refractivity contribution in [3.63, 3.8) is 0 Å². The van der Waals surface area contributed by atoms with Gasteiger partial charge in [0.2, 0.25) is 5.91 Å². The molecule has 0 radical (unpaired) electrons. The molecule has 7 heteroatoms. The zero-order chi connectivity index (χ0) is 22.7. The molecule has 32 heavy (non-hydrogen) atoms. The van der Waals surface area contributed by atoms with Crippen molar-refractivity contribution >= 4 is 28.9 Å². The predicted molar refractivity (Wildman–Crippen MR) is 129 cm³/mol. The maximum atomic E-state index is 12.6. The van der Waals surface area contributed by atoms with Gasteiger partial charge in [-0.05, 0) is 62.0 Å². The second-order valence-electron chi connectivity index (χ2n) is 9.46. The fourth-order valence-electron chi connectivity index (χ4n) is 4.92. The summed E-state index contributed by atoms with van der Waals surface area (Å²) in [6.45, 7) is 5.04. The predicted octanol–water partition coefficient (Wildman–Crippen LogP) is 3.71. The number of nitrogens with zero attached hydrogens (tertiary/aromatic N) is 1. The number of hydrogen-bond donors (Lipinski definition) is 2. The Labute approximate surface area is 194 Å². The summed E-state index contributed by atoms with van der Waals surface area (Å²) in [5.41, 5.74) is 1.29. The topological polar surface area (TPSA) is 78.5 Å². The van der Waals surface area contributed by atoms with Crippen LogP contribution < -0.4 is 26.4 Å². The van der Waals surface area contributed by atoms with Gasteiger partial charge in [-0.1, -0.05) is 36.7 Å². The van der Waals surface area contributed by atoms with Crippen LogP contribution >= 0.6 is 11.6 Å². The van der Waals surface area contributed by atoms with E-state index in [0.717, 1.165) is 57.2 Å². The molecule has 1 aliphatic heterocycles. The fourth-order valence-corrected chi connectivity index (χ4v) is 5.12. The van der Waals surface area contributed by atoms with E-state index >= 15 is 0 Å². The summed E-state index contributed by atoms with van der Waals surface area (Å²) < 4.78 is 0. The molecule has 1 saturated carbocycles. The Balaban J connectivity index is 1.23. The van der Waals surface area contributed by atoms with Crippen LogP contribution in [0.4, 0.5) is 11.4 Å². The van der Waals surface area contributed by atoms with Gasteiger partial charge in [0, 0.05) is 37.1 Å². The standard InChI is InChI=1S/C25H32ClN3O3/c1-16-10-12-29(13-11-16)22-21(23(30)24(22)31)27-14-17-6-8-18(9-7-17)25(32)28-15-19-4-2-3-5-20(19)26/h2-5,16-18,27H,6-15H2,1H3,(H,28,32). The third kappa shape index (κ3) is 5.01. The minimum absolute atomic E-state index is 0.0192. The molecule has 0 spiro atoms. The first-order chi connectivity index (χ1) is 15.4. The summed E-state index contributed by atoms with van der Waals surface area (Å²) in [5.74, 6) is 1.18. The maximum Gasteiger partial charge on any atom is 0.253 e. The number of amides is 1. The van der Waals surface area contributed by atoms with E-state index in [4.69, 9.17) is 11.6 Å². The molecule has 2 fully saturated rings. The zero-order valence-electron chi connectivity index (χ0n) is 18.7. The maximum absolute atomic E-state index is 12.6. The average molecular weight is 458 g/mol. The molecule has 2 aromatic carbocycles. The molecule has 0 unspecified atom stereocenters. The van der Waals surface area contributed by atoms with E-state index in [1.807, 2.05) is 24.3 Å². The minimum atomic E-state index is -0.383. The zero-order valence-corrected chi connectivity index (χ0v) is 19.4. The number of nitrogens with one attached hydrogen (secondary N) is 2. The van der Waals surface area contributed by atoms with E-state index in [2.05, 4.69) is 22.5 Å². The highest BCUT2D eigenvalue weighted by atomic mass is 35.5. The van der Waals surface area contributed by atoms with Crippen molar-refractivity contribution in [3.8, 4) is 0 Å². The second-order valence-corrected chi connectivity index (χ2v) is 9.87. The van der Waals surface area contributed by atoms with Crippen LogP contribution in [-0.2, 0) is 11.3 Å². The minimum Gasteiger partial charge on any atom is -0.380 e. The highest BCUT2D eigenvalue weighted by Gasteiger charge is 2.30. The highest BCUT2D eigenvalue weighted by Crippen LogP contribution is 2.31. The molecule has 0 bridgehead atoms. The third-order valence-electron chi connectivity index (χ3n) is 7.18.